The minimum Gasteiger partial charge on any atom is -1.00 e. The molecule has 106 valence electrons. The van der Waals surface area contributed by atoms with Crippen LogP contribution >= 0.6 is 11.3 Å². The molecule has 0 fully saturated rings. The van der Waals surface area contributed by atoms with Gasteiger partial charge >= 0.3 is 16.0 Å². The Bertz CT molecular complexity index is 674. The summed E-state index contributed by atoms with van der Waals surface area (Å²) in [6.45, 7) is 0.662. The maximum Gasteiger partial charge on any atom is 0.304 e. The van der Waals surface area contributed by atoms with Crippen LogP contribution in [0.1, 0.15) is 12.7 Å². The summed E-state index contributed by atoms with van der Waals surface area (Å²) in [5.41, 5.74) is 0.0893. The van der Waals surface area contributed by atoms with Crippen molar-refractivity contribution in [3.8, 4) is 10.6 Å². The van der Waals surface area contributed by atoms with E-state index >= 15 is 0 Å². The molecule has 0 saturated carbocycles. The van der Waals surface area contributed by atoms with Crippen LogP contribution in [0.15, 0.2) is 26.9 Å². The van der Waals surface area contributed by atoms with E-state index in [9.17, 15) is 17.2 Å². The lowest BCUT2D eigenvalue weighted by Gasteiger charge is -2.02. The van der Waals surface area contributed by atoms with Gasteiger partial charge in [0.1, 0.15) is 9.90 Å². The molecule has 0 aliphatic carbocycles. The first-order valence-corrected chi connectivity index (χ1v) is 6.86. The number of hydrogen-bond acceptors (Lipinski definition) is 5. The highest BCUT2D eigenvalue weighted by Crippen LogP contribution is 2.34. The molecule has 0 aliphatic rings. The summed E-state index contributed by atoms with van der Waals surface area (Å²) < 4.78 is 60.5. The zero-order valence-electron chi connectivity index (χ0n) is 9.30. The smallest absolute Gasteiger partial charge is 0.304 e. The number of rotatable bonds is 3. The second-order valence-corrected chi connectivity index (χ2v) is 6.29. The molecule has 0 spiro atoms. The number of thiophene rings is 1. The largest absolute Gasteiger partial charge is 1.00 e. The Labute approximate surface area is 117 Å². The molecule has 0 bridgehead atoms. The van der Waals surface area contributed by atoms with Crippen LogP contribution in [0.3, 0.4) is 0 Å². The van der Waals surface area contributed by atoms with E-state index in [-0.39, 0.29) is 22.3 Å². The van der Waals surface area contributed by atoms with Gasteiger partial charge in [-0.3, -0.25) is 4.55 Å². The summed E-state index contributed by atoms with van der Waals surface area (Å²) in [5, 5.41) is 3.43. The molecule has 2 heterocycles. The van der Waals surface area contributed by atoms with E-state index in [1.165, 1.54) is 6.07 Å². The second-order valence-electron chi connectivity index (χ2n) is 3.56. The van der Waals surface area contributed by atoms with E-state index in [4.69, 9.17) is 4.55 Å². The fourth-order valence-electron chi connectivity index (χ4n) is 1.19. The Morgan fingerprint density at radius 1 is 1.42 bits per heavy atom. The van der Waals surface area contributed by atoms with Crippen molar-refractivity contribution in [3.63, 3.8) is 0 Å². The average molecular weight is 331 g/mol. The predicted molar refractivity (Wildman–Crippen MR) is 59.2 cm³/mol. The summed E-state index contributed by atoms with van der Waals surface area (Å²) in [4.78, 5) is 0.307. The molecule has 0 saturated heterocycles. The molecule has 19 heavy (non-hydrogen) atoms. The molecule has 5 nitrogen and oxygen atoms in total. The molecule has 0 aliphatic heterocycles. The molecule has 0 amide bonds. The van der Waals surface area contributed by atoms with Crippen LogP contribution in [0.25, 0.3) is 10.6 Å². The third kappa shape index (κ3) is 3.50. The van der Waals surface area contributed by atoms with E-state index in [0.29, 0.717) is 23.1 Å². The highest BCUT2D eigenvalue weighted by atomic mass is 35.5. The summed E-state index contributed by atoms with van der Waals surface area (Å²) in [6.07, 6.45) is 0. The zero-order chi connectivity index (χ0) is 13.6. The lowest BCUT2D eigenvalue weighted by molar-refractivity contribution is -0.0105. The maximum absolute atomic E-state index is 12.9. The average Bonchev–Trinajstić information content (AvgIpc) is 2.84. The van der Waals surface area contributed by atoms with Crippen molar-refractivity contribution in [3.05, 3.63) is 24.0 Å². The van der Waals surface area contributed by atoms with Gasteiger partial charge in [-0.25, -0.2) is 0 Å². The standard InChI is InChI=1S/C9H7F2NO4S2.ClH/c1-9(10,11)7-4-5(12-16-7)6-2-3-8(17-6)18(13,14)15;/h2-4H,1H3,(H,13,14,15);1H/p-1. The number of aromatic nitrogens is 1. The van der Waals surface area contributed by atoms with E-state index < -0.39 is 21.8 Å². The summed E-state index contributed by atoms with van der Waals surface area (Å²) >= 11 is 0.712. The van der Waals surface area contributed by atoms with Gasteiger partial charge in [0, 0.05) is 13.0 Å². The van der Waals surface area contributed by atoms with Crippen molar-refractivity contribution in [1.29, 1.82) is 0 Å². The maximum atomic E-state index is 12.9. The third-order valence-corrected chi connectivity index (χ3v) is 4.46. The van der Waals surface area contributed by atoms with Gasteiger partial charge in [-0.05, 0) is 12.1 Å². The van der Waals surface area contributed by atoms with E-state index in [1.54, 1.807) is 0 Å². The molecule has 0 unspecified atom stereocenters. The molecule has 0 aromatic carbocycles. The van der Waals surface area contributed by atoms with E-state index in [1.807, 2.05) is 0 Å². The van der Waals surface area contributed by atoms with Crippen LogP contribution in [0, 0.1) is 0 Å². The molecule has 2 rings (SSSR count). The highest BCUT2D eigenvalue weighted by molar-refractivity contribution is 7.88. The van der Waals surface area contributed by atoms with Crippen molar-refractivity contribution in [2.75, 3.05) is 0 Å². The monoisotopic (exact) mass is 330 g/mol. The minimum absolute atomic E-state index is 0. The predicted octanol–water partition coefficient (Wildman–Crippen LogP) is -0.235. The van der Waals surface area contributed by atoms with Crippen LogP contribution < -0.4 is 12.4 Å². The lowest BCUT2D eigenvalue weighted by Crippen LogP contribution is -3.00. The van der Waals surface area contributed by atoms with Crippen LogP contribution in [0.4, 0.5) is 8.78 Å². The normalized spacial score (nSPS) is 12.2. The summed E-state index contributed by atoms with van der Waals surface area (Å²) in [5.74, 6) is -3.77. The number of halogens is 3. The first-order chi connectivity index (χ1) is 8.18. The Morgan fingerprint density at radius 3 is 2.47 bits per heavy atom. The quantitative estimate of drug-likeness (QED) is 0.786. The SMILES string of the molecule is CC(F)(F)c1cc(-c2ccc(S(=O)(=O)O)s2)no1.[Cl-]. The van der Waals surface area contributed by atoms with Crippen molar-refractivity contribution < 1.29 is 38.7 Å². The van der Waals surface area contributed by atoms with Gasteiger partial charge in [0.2, 0.25) is 5.76 Å². The zero-order valence-corrected chi connectivity index (χ0v) is 11.7. The fraction of sp³-hybridized carbons (Fsp3) is 0.222. The van der Waals surface area contributed by atoms with Gasteiger partial charge in [-0.2, -0.15) is 17.2 Å². The lowest BCUT2D eigenvalue weighted by atomic mass is 10.2. The van der Waals surface area contributed by atoms with Gasteiger partial charge in [0.05, 0.1) is 4.88 Å². The first-order valence-electron chi connectivity index (χ1n) is 4.60. The molecule has 0 atom stereocenters. The molecular formula is C9H7ClF2NO4S2-. The van der Waals surface area contributed by atoms with Crippen LogP contribution in [0.5, 0.6) is 0 Å². The number of hydrogen-bond donors (Lipinski definition) is 1. The van der Waals surface area contributed by atoms with Crippen LogP contribution in [-0.2, 0) is 16.0 Å². The van der Waals surface area contributed by atoms with Crippen LogP contribution in [-0.4, -0.2) is 18.1 Å². The fourth-order valence-corrected chi connectivity index (χ4v) is 2.81. The highest BCUT2D eigenvalue weighted by Gasteiger charge is 2.30. The van der Waals surface area contributed by atoms with Gasteiger partial charge in [0.25, 0.3) is 0 Å². The summed E-state index contributed by atoms with van der Waals surface area (Å²) in [7, 11) is -4.30. The molecular weight excluding hydrogens is 324 g/mol. The Kier molecular flexibility index (Phi) is 4.35. The van der Waals surface area contributed by atoms with Gasteiger partial charge in [-0.1, -0.05) is 5.16 Å². The third-order valence-electron chi connectivity index (χ3n) is 2.03. The van der Waals surface area contributed by atoms with Gasteiger partial charge in [0.15, 0.2) is 0 Å². The molecule has 10 heteroatoms. The molecule has 2 aromatic rings. The second kappa shape index (κ2) is 5.16. The van der Waals surface area contributed by atoms with E-state index in [0.717, 1.165) is 12.1 Å². The minimum atomic E-state index is -4.30. The van der Waals surface area contributed by atoms with Gasteiger partial charge < -0.3 is 16.9 Å². The molecule has 0 radical (unpaired) electrons. The first kappa shape index (κ1) is 16.0. The van der Waals surface area contributed by atoms with Gasteiger partial charge in [-0.15, -0.1) is 11.3 Å². The van der Waals surface area contributed by atoms with Crippen molar-refractivity contribution in [2.45, 2.75) is 17.1 Å². The van der Waals surface area contributed by atoms with E-state index in [2.05, 4.69) is 9.68 Å². The Balaban J connectivity index is 0.00000180. The molecule has 2 aromatic heterocycles. The van der Waals surface area contributed by atoms with Crippen molar-refractivity contribution in [1.82, 2.24) is 5.16 Å². The number of alkyl halides is 2. The molecule has 1 N–H and O–H groups in total. The van der Waals surface area contributed by atoms with Crippen molar-refractivity contribution in [2.24, 2.45) is 0 Å². The Morgan fingerprint density at radius 2 is 2.05 bits per heavy atom. The van der Waals surface area contributed by atoms with Crippen molar-refractivity contribution >= 4 is 21.5 Å². The topological polar surface area (TPSA) is 80.4 Å². The number of nitrogens with zero attached hydrogens (tertiary/aromatic N) is 1. The Hall–Kier alpha value is -1.03. The van der Waals surface area contributed by atoms with Crippen LogP contribution in [0.2, 0.25) is 0 Å². The summed E-state index contributed by atoms with van der Waals surface area (Å²) in [6, 6.07) is 3.54.